The summed E-state index contributed by atoms with van der Waals surface area (Å²) in [5.74, 6) is 2.48. The highest BCUT2D eigenvalue weighted by atomic mass is 16.5. The van der Waals surface area contributed by atoms with E-state index in [9.17, 15) is 4.79 Å². The summed E-state index contributed by atoms with van der Waals surface area (Å²) in [4.78, 5) is 11.7. The van der Waals surface area contributed by atoms with Gasteiger partial charge in [0, 0.05) is 25.6 Å². The second-order valence-electron chi connectivity index (χ2n) is 6.19. The molecule has 18 heavy (non-hydrogen) atoms. The maximum atomic E-state index is 11.7. The number of carbonyl (C=O) groups is 1. The molecule has 2 fully saturated rings. The zero-order valence-electron chi connectivity index (χ0n) is 11.7. The molecular weight excluding hydrogens is 228 g/mol. The van der Waals surface area contributed by atoms with Crippen molar-refractivity contribution in [1.82, 2.24) is 10.6 Å². The van der Waals surface area contributed by atoms with Crippen LogP contribution in [-0.2, 0) is 4.74 Å². The lowest BCUT2D eigenvalue weighted by atomic mass is 9.93. The van der Waals surface area contributed by atoms with Crippen molar-refractivity contribution >= 4 is 6.03 Å². The maximum Gasteiger partial charge on any atom is 0.314 e. The molecule has 4 atom stereocenters. The van der Waals surface area contributed by atoms with Crippen molar-refractivity contribution in [2.45, 2.75) is 39.7 Å². The number of hydrogen-bond acceptors (Lipinski definition) is 2. The molecule has 0 aromatic heterocycles. The number of carbonyl (C=O) groups excluding carboxylic acids is 1. The third kappa shape index (κ3) is 3.61. The van der Waals surface area contributed by atoms with E-state index in [-0.39, 0.29) is 6.03 Å². The smallest absolute Gasteiger partial charge is 0.314 e. The van der Waals surface area contributed by atoms with E-state index in [1.807, 2.05) is 0 Å². The number of ether oxygens (including phenoxy) is 1. The summed E-state index contributed by atoms with van der Waals surface area (Å²) in [6.45, 7) is 8.97. The van der Waals surface area contributed by atoms with Crippen LogP contribution in [0.2, 0.25) is 0 Å². The van der Waals surface area contributed by atoms with Crippen LogP contribution in [0.3, 0.4) is 0 Å². The van der Waals surface area contributed by atoms with Crippen molar-refractivity contribution < 1.29 is 9.53 Å². The quantitative estimate of drug-likeness (QED) is 0.788. The third-order valence-corrected chi connectivity index (χ3v) is 4.25. The number of hydrogen-bond donors (Lipinski definition) is 2. The Morgan fingerprint density at radius 2 is 1.89 bits per heavy atom. The van der Waals surface area contributed by atoms with E-state index < -0.39 is 0 Å². The lowest BCUT2D eigenvalue weighted by Crippen LogP contribution is -2.41. The minimum absolute atomic E-state index is 0.0245. The molecule has 0 unspecified atom stereocenters. The third-order valence-electron chi connectivity index (χ3n) is 4.25. The topological polar surface area (TPSA) is 50.4 Å². The Kier molecular flexibility index (Phi) is 4.49. The van der Waals surface area contributed by atoms with Crippen molar-refractivity contribution in [3.63, 3.8) is 0 Å². The summed E-state index contributed by atoms with van der Waals surface area (Å²) in [7, 11) is 0. The van der Waals surface area contributed by atoms with Gasteiger partial charge in [0.15, 0.2) is 0 Å². The average molecular weight is 254 g/mol. The van der Waals surface area contributed by atoms with Crippen LogP contribution >= 0.6 is 0 Å². The second-order valence-corrected chi connectivity index (χ2v) is 6.19. The SMILES string of the molecule is CC(C)[C@H]1OCC[C@@H]1CNC(=O)NC[C@H]1C[C@@H]1C. The first-order valence-corrected chi connectivity index (χ1v) is 7.21. The van der Waals surface area contributed by atoms with Crippen molar-refractivity contribution in [1.29, 1.82) is 0 Å². The van der Waals surface area contributed by atoms with Gasteiger partial charge in [0.2, 0.25) is 0 Å². The Bertz CT molecular complexity index is 294. The van der Waals surface area contributed by atoms with Crippen LogP contribution < -0.4 is 10.6 Å². The number of urea groups is 1. The van der Waals surface area contributed by atoms with Gasteiger partial charge in [-0.15, -0.1) is 0 Å². The maximum absolute atomic E-state index is 11.7. The molecule has 104 valence electrons. The zero-order valence-corrected chi connectivity index (χ0v) is 11.7. The van der Waals surface area contributed by atoms with Crippen molar-refractivity contribution in [3.8, 4) is 0 Å². The Morgan fingerprint density at radius 1 is 1.28 bits per heavy atom. The molecule has 2 amide bonds. The fourth-order valence-electron chi connectivity index (χ4n) is 2.80. The summed E-state index contributed by atoms with van der Waals surface area (Å²) < 4.78 is 5.71. The molecule has 1 saturated heterocycles. The minimum Gasteiger partial charge on any atom is -0.378 e. The molecule has 0 radical (unpaired) electrons. The van der Waals surface area contributed by atoms with Crippen LogP contribution in [-0.4, -0.2) is 31.8 Å². The fourth-order valence-corrected chi connectivity index (χ4v) is 2.80. The van der Waals surface area contributed by atoms with Crippen molar-refractivity contribution in [2.24, 2.45) is 23.7 Å². The van der Waals surface area contributed by atoms with Gasteiger partial charge in [0.1, 0.15) is 0 Å². The molecule has 1 aliphatic carbocycles. The van der Waals surface area contributed by atoms with E-state index in [1.165, 1.54) is 6.42 Å². The van der Waals surface area contributed by atoms with Gasteiger partial charge in [-0.1, -0.05) is 20.8 Å². The number of nitrogens with one attached hydrogen (secondary N) is 2. The predicted molar refractivity (Wildman–Crippen MR) is 71.4 cm³/mol. The average Bonchev–Trinajstić information content (AvgIpc) is 2.85. The van der Waals surface area contributed by atoms with E-state index in [2.05, 4.69) is 31.4 Å². The van der Waals surface area contributed by atoms with Gasteiger partial charge in [-0.2, -0.15) is 0 Å². The Balaban J connectivity index is 1.62. The summed E-state index contributed by atoms with van der Waals surface area (Å²) in [5, 5.41) is 5.93. The molecule has 2 aliphatic rings. The molecule has 0 bridgehead atoms. The molecule has 0 spiro atoms. The van der Waals surface area contributed by atoms with Gasteiger partial charge in [0.05, 0.1) is 6.10 Å². The first kappa shape index (κ1) is 13.7. The first-order chi connectivity index (χ1) is 8.58. The molecule has 2 N–H and O–H groups in total. The highest BCUT2D eigenvalue weighted by Crippen LogP contribution is 2.36. The van der Waals surface area contributed by atoms with Gasteiger partial charge in [0.25, 0.3) is 0 Å². The van der Waals surface area contributed by atoms with Crippen molar-refractivity contribution in [3.05, 3.63) is 0 Å². The lowest BCUT2D eigenvalue weighted by Gasteiger charge is -2.22. The van der Waals surface area contributed by atoms with E-state index in [4.69, 9.17) is 4.74 Å². The van der Waals surface area contributed by atoms with Crippen LogP contribution in [0.4, 0.5) is 4.79 Å². The van der Waals surface area contributed by atoms with Crippen molar-refractivity contribution in [2.75, 3.05) is 19.7 Å². The Labute approximate surface area is 110 Å². The molecule has 0 aromatic carbocycles. The molecular formula is C14H26N2O2. The van der Waals surface area contributed by atoms with Gasteiger partial charge >= 0.3 is 6.03 Å². The summed E-state index contributed by atoms with van der Waals surface area (Å²) in [5.41, 5.74) is 0. The molecule has 4 nitrogen and oxygen atoms in total. The minimum atomic E-state index is -0.0245. The van der Waals surface area contributed by atoms with E-state index in [0.717, 1.165) is 32.0 Å². The fraction of sp³-hybridized carbons (Fsp3) is 0.929. The van der Waals surface area contributed by atoms with Gasteiger partial charge in [-0.3, -0.25) is 0 Å². The predicted octanol–water partition coefficient (Wildman–Crippen LogP) is 2.00. The standard InChI is InChI=1S/C14H26N2O2/c1-9(2)13-11(4-5-18-13)7-15-14(17)16-8-12-6-10(12)3/h9-13H,4-8H2,1-3H3,(H2,15,16,17)/t10-,11+,12+,13+/m0/s1. The lowest BCUT2D eigenvalue weighted by molar-refractivity contribution is 0.0545. The largest absolute Gasteiger partial charge is 0.378 e. The van der Waals surface area contributed by atoms with E-state index in [1.54, 1.807) is 0 Å². The van der Waals surface area contributed by atoms with Crippen LogP contribution in [0, 0.1) is 23.7 Å². The van der Waals surface area contributed by atoms with Gasteiger partial charge < -0.3 is 15.4 Å². The molecule has 1 saturated carbocycles. The molecule has 1 heterocycles. The Morgan fingerprint density at radius 3 is 2.44 bits per heavy atom. The molecule has 1 aliphatic heterocycles. The number of rotatable bonds is 5. The van der Waals surface area contributed by atoms with Gasteiger partial charge in [-0.05, 0) is 30.6 Å². The zero-order chi connectivity index (χ0) is 13.1. The first-order valence-electron chi connectivity index (χ1n) is 7.21. The Hall–Kier alpha value is -0.770. The molecule has 2 rings (SSSR count). The highest BCUT2D eigenvalue weighted by Gasteiger charge is 2.33. The summed E-state index contributed by atoms with van der Waals surface area (Å²) in [6, 6.07) is -0.0245. The number of amides is 2. The van der Waals surface area contributed by atoms with Crippen LogP contribution in [0.1, 0.15) is 33.6 Å². The second kappa shape index (κ2) is 5.91. The van der Waals surface area contributed by atoms with Crippen LogP contribution in [0.25, 0.3) is 0 Å². The normalized spacial score (nSPS) is 34.7. The summed E-state index contributed by atoms with van der Waals surface area (Å²) in [6.07, 6.45) is 2.61. The molecule has 4 heteroatoms. The van der Waals surface area contributed by atoms with E-state index in [0.29, 0.717) is 23.9 Å². The highest BCUT2D eigenvalue weighted by molar-refractivity contribution is 5.73. The van der Waals surface area contributed by atoms with Crippen LogP contribution in [0.5, 0.6) is 0 Å². The van der Waals surface area contributed by atoms with E-state index >= 15 is 0 Å². The molecule has 0 aromatic rings. The van der Waals surface area contributed by atoms with Gasteiger partial charge in [-0.25, -0.2) is 4.79 Å². The monoisotopic (exact) mass is 254 g/mol. The van der Waals surface area contributed by atoms with Crippen LogP contribution in [0.15, 0.2) is 0 Å². The summed E-state index contributed by atoms with van der Waals surface area (Å²) >= 11 is 0.